The lowest BCUT2D eigenvalue weighted by atomic mass is 10.3. The van der Waals surface area contributed by atoms with Crippen molar-refractivity contribution in [1.82, 2.24) is 0 Å². The standard InChI is InChI=1S/C12H13ClN2OS2/c1-8(18-12-14-5-6-17-12)11(16)15-10-4-2-3-9(13)7-10/h2-4,7-8H,5-6H2,1H3,(H,15,16)/t8-/m1/s1. The van der Waals surface area contributed by atoms with Crippen LogP contribution in [0, 0.1) is 0 Å². The second-order valence-electron chi connectivity index (χ2n) is 3.76. The maximum Gasteiger partial charge on any atom is 0.237 e. The van der Waals surface area contributed by atoms with E-state index in [4.69, 9.17) is 11.6 Å². The van der Waals surface area contributed by atoms with Crippen molar-refractivity contribution in [3.05, 3.63) is 29.3 Å². The van der Waals surface area contributed by atoms with Gasteiger partial charge in [-0.15, -0.1) is 0 Å². The first kappa shape index (κ1) is 13.8. The molecule has 1 heterocycles. The van der Waals surface area contributed by atoms with Crippen LogP contribution in [0.1, 0.15) is 6.92 Å². The fourth-order valence-electron chi connectivity index (χ4n) is 1.40. The first-order valence-corrected chi connectivity index (χ1v) is 7.80. The minimum atomic E-state index is -0.159. The third-order valence-corrected chi connectivity index (χ3v) is 4.84. The molecule has 1 aromatic rings. The maximum absolute atomic E-state index is 12.0. The number of amides is 1. The topological polar surface area (TPSA) is 41.5 Å². The number of carbonyl (C=O) groups excluding carboxylic acids is 1. The second kappa shape index (κ2) is 6.50. The Hall–Kier alpha value is -0.650. The molecule has 6 heteroatoms. The fourth-order valence-corrected chi connectivity index (χ4v) is 3.72. The highest BCUT2D eigenvalue weighted by Crippen LogP contribution is 2.26. The van der Waals surface area contributed by atoms with E-state index in [0.717, 1.165) is 22.4 Å². The molecule has 0 saturated carbocycles. The molecule has 1 amide bonds. The van der Waals surface area contributed by atoms with Crippen LogP contribution in [0.4, 0.5) is 5.69 Å². The molecule has 18 heavy (non-hydrogen) atoms. The number of anilines is 1. The van der Waals surface area contributed by atoms with Crippen molar-refractivity contribution in [2.45, 2.75) is 12.2 Å². The first-order valence-electron chi connectivity index (χ1n) is 5.55. The number of hydrogen-bond acceptors (Lipinski definition) is 4. The summed E-state index contributed by atoms with van der Waals surface area (Å²) >= 11 is 9.08. The van der Waals surface area contributed by atoms with E-state index in [2.05, 4.69) is 10.3 Å². The summed E-state index contributed by atoms with van der Waals surface area (Å²) in [5.74, 6) is 0.989. The van der Waals surface area contributed by atoms with Gasteiger partial charge in [0.25, 0.3) is 0 Å². The lowest BCUT2D eigenvalue weighted by Crippen LogP contribution is -2.23. The van der Waals surface area contributed by atoms with E-state index in [1.165, 1.54) is 11.8 Å². The number of carbonyl (C=O) groups is 1. The van der Waals surface area contributed by atoms with Crippen LogP contribution in [-0.4, -0.2) is 27.8 Å². The normalized spacial score (nSPS) is 16.2. The van der Waals surface area contributed by atoms with E-state index in [0.29, 0.717) is 5.02 Å². The highest BCUT2D eigenvalue weighted by atomic mass is 35.5. The number of nitrogens with zero attached hydrogens (tertiary/aromatic N) is 1. The lowest BCUT2D eigenvalue weighted by Gasteiger charge is -2.11. The van der Waals surface area contributed by atoms with E-state index in [9.17, 15) is 4.79 Å². The second-order valence-corrected chi connectivity index (χ2v) is 6.86. The zero-order valence-corrected chi connectivity index (χ0v) is 12.2. The Labute approximate surface area is 120 Å². The number of halogens is 1. The maximum atomic E-state index is 12.0. The van der Waals surface area contributed by atoms with Crippen LogP contribution >= 0.6 is 35.1 Å². The van der Waals surface area contributed by atoms with Gasteiger partial charge >= 0.3 is 0 Å². The highest BCUT2D eigenvalue weighted by Gasteiger charge is 2.18. The van der Waals surface area contributed by atoms with Crippen LogP contribution in [0.5, 0.6) is 0 Å². The molecule has 0 spiro atoms. The first-order chi connectivity index (χ1) is 8.65. The number of benzene rings is 1. The summed E-state index contributed by atoms with van der Waals surface area (Å²) < 4.78 is 1.00. The van der Waals surface area contributed by atoms with Gasteiger partial charge in [0.15, 0.2) is 0 Å². The molecular formula is C12H13ClN2OS2. The van der Waals surface area contributed by atoms with Crippen LogP contribution in [0.25, 0.3) is 0 Å². The van der Waals surface area contributed by atoms with Crippen molar-refractivity contribution in [3.63, 3.8) is 0 Å². The van der Waals surface area contributed by atoms with Crippen molar-refractivity contribution >= 4 is 51.1 Å². The lowest BCUT2D eigenvalue weighted by molar-refractivity contribution is -0.115. The fraction of sp³-hybridized carbons (Fsp3) is 0.333. The Morgan fingerprint density at radius 2 is 2.44 bits per heavy atom. The Balaban J connectivity index is 1.90. The molecule has 1 aliphatic rings. The molecule has 1 aromatic carbocycles. The van der Waals surface area contributed by atoms with Crippen LogP contribution < -0.4 is 5.32 Å². The third-order valence-electron chi connectivity index (χ3n) is 2.30. The molecule has 2 rings (SSSR count). The van der Waals surface area contributed by atoms with Gasteiger partial charge < -0.3 is 5.32 Å². The zero-order valence-electron chi connectivity index (χ0n) is 9.85. The summed E-state index contributed by atoms with van der Waals surface area (Å²) in [5, 5.41) is 3.30. The van der Waals surface area contributed by atoms with E-state index in [1.807, 2.05) is 19.1 Å². The van der Waals surface area contributed by atoms with Gasteiger partial charge in [0.2, 0.25) is 5.91 Å². The van der Waals surface area contributed by atoms with Crippen molar-refractivity contribution in [3.8, 4) is 0 Å². The zero-order chi connectivity index (χ0) is 13.0. The van der Waals surface area contributed by atoms with Gasteiger partial charge in [-0.2, -0.15) is 0 Å². The minimum Gasteiger partial charge on any atom is -0.325 e. The molecule has 0 radical (unpaired) electrons. The molecule has 1 N–H and O–H groups in total. The van der Waals surface area contributed by atoms with Crippen molar-refractivity contribution in [2.75, 3.05) is 17.6 Å². The van der Waals surface area contributed by atoms with Crippen LogP contribution in [-0.2, 0) is 4.79 Å². The molecule has 0 fully saturated rings. The summed E-state index contributed by atoms with van der Waals surface area (Å²) in [6.45, 7) is 2.74. The summed E-state index contributed by atoms with van der Waals surface area (Å²) in [6.07, 6.45) is 0. The molecular weight excluding hydrogens is 288 g/mol. The third kappa shape index (κ3) is 3.93. The molecule has 96 valence electrons. The van der Waals surface area contributed by atoms with Crippen molar-refractivity contribution in [1.29, 1.82) is 0 Å². The van der Waals surface area contributed by atoms with E-state index >= 15 is 0 Å². The average Bonchev–Trinajstić information content (AvgIpc) is 2.81. The van der Waals surface area contributed by atoms with Gasteiger partial charge in [0.1, 0.15) is 4.38 Å². The van der Waals surface area contributed by atoms with Gasteiger partial charge in [0, 0.05) is 16.5 Å². The van der Waals surface area contributed by atoms with Gasteiger partial charge in [-0.05, 0) is 25.1 Å². The van der Waals surface area contributed by atoms with Gasteiger partial charge in [-0.25, -0.2) is 0 Å². The largest absolute Gasteiger partial charge is 0.325 e. The molecule has 0 saturated heterocycles. The van der Waals surface area contributed by atoms with Crippen molar-refractivity contribution < 1.29 is 4.79 Å². The number of thioether (sulfide) groups is 2. The quantitative estimate of drug-likeness (QED) is 0.929. The van der Waals surface area contributed by atoms with Gasteiger partial charge in [-0.1, -0.05) is 41.2 Å². The number of hydrogen-bond donors (Lipinski definition) is 1. The molecule has 1 atom stereocenters. The summed E-state index contributed by atoms with van der Waals surface area (Å²) in [4.78, 5) is 16.3. The summed E-state index contributed by atoms with van der Waals surface area (Å²) in [7, 11) is 0. The molecule has 0 aromatic heterocycles. The van der Waals surface area contributed by atoms with Crippen LogP contribution in [0.3, 0.4) is 0 Å². The molecule has 0 unspecified atom stereocenters. The summed E-state index contributed by atoms with van der Waals surface area (Å²) in [6, 6.07) is 7.15. The average molecular weight is 301 g/mol. The molecule has 0 aliphatic carbocycles. The predicted molar refractivity (Wildman–Crippen MR) is 81.9 cm³/mol. The van der Waals surface area contributed by atoms with Gasteiger partial charge in [-0.3, -0.25) is 9.79 Å². The van der Waals surface area contributed by atoms with Crippen molar-refractivity contribution in [2.24, 2.45) is 4.99 Å². The Morgan fingerprint density at radius 3 is 3.11 bits per heavy atom. The Morgan fingerprint density at radius 1 is 1.61 bits per heavy atom. The predicted octanol–water partition coefficient (Wildman–Crippen LogP) is 3.50. The van der Waals surface area contributed by atoms with E-state index in [1.54, 1.807) is 23.9 Å². The van der Waals surface area contributed by atoms with Crippen LogP contribution in [0.2, 0.25) is 5.02 Å². The van der Waals surface area contributed by atoms with E-state index < -0.39 is 0 Å². The molecule has 3 nitrogen and oxygen atoms in total. The molecule has 1 aliphatic heterocycles. The minimum absolute atomic E-state index is 0.0301. The molecule has 0 bridgehead atoms. The highest BCUT2D eigenvalue weighted by molar-refractivity contribution is 8.39. The SMILES string of the molecule is C[C@@H](SC1=NCCS1)C(=O)Nc1cccc(Cl)c1. The smallest absolute Gasteiger partial charge is 0.237 e. The number of rotatable bonds is 3. The van der Waals surface area contributed by atoms with Gasteiger partial charge in [0.05, 0.1) is 11.8 Å². The number of nitrogens with one attached hydrogen (secondary N) is 1. The Bertz CT molecular complexity index is 479. The monoisotopic (exact) mass is 300 g/mol. The van der Waals surface area contributed by atoms with Crippen LogP contribution in [0.15, 0.2) is 29.3 Å². The summed E-state index contributed by atoms with van der Waals surface area (Å²) in [5.41, 5.74) is 0.723. The van der Waals surface area contributed by atoms with E-state index in [-0.39, 0.29) is 11.2 Å². The number of aliphatic imine (C=N–C) groups is 1. The Kier molecular flexibility index (Phi) is 4.97.